The molecule has 234 valence electrons. The lowest BCUT2D eigenvalue weighted by Gasteiger charge is -2.56. The van der Waals surface area contributed by atoms with Crippen molar-refractivity contribution in [2.45, 2.75) is 81.9 Å². The summed E-state index contributed by atoms with van der Waals surface area (Å²) >= 11 is 0. The molecular weight excluding hydrogens is 579 g/mol. The third-order valence-corrected chi connectivity index (χ3v) is 10.8. The Labute approximate surface area is 252 Å². The molecule has 44 heavy (non-hydrogen) atoms. The molecule has 0 radical (unpaired) electrons. The van der Waals surface area contributed by atoms with Crippen LogP contribution < -0.4 is 5.32 Å². The summed E-state index contributed by atoms with van der Waals surface area (Å²) in [5.41, 5.74) is 0.0390. The Hall–Kier alpha value is -3.40. The number of halogens is 5. The van der Waals surface area contributed by atoms with Gasteiger partial charge in [-0.1, -0.05) is 24.6 Å². The summed E-state index contributed by atoms with van der Waals surface area (Å²) in [5, 5.41) is 14.3. The van der Waals surface area contributed by atoms with E-state index >= 15 is 8.78 Å². The Balaban J connectivity index is 1.34. The molecule has 2 fully saturated rings. The van der Waals surface area contributed by atoms with E-state index in [0.29, 0.717) is 49.8 Å². The number of pyridine rings is 1. The number of aromatic nitrogens is 1. The normalized spacial score (nSPS) is 30.3. The van der Waals surface area contributed by atoms with Gasteiger partial charge < -0.3 is 10.4 Å². The first-order chi connectivity index (χ1) is 20.8. The topological polar surface area (TPSA) is 79.3 Å². The van der Waals surface area contributed by atoms with Crippen molar-refractivity contribution in [3.05, 3.63) is 88.3 Å². The number of amides is 1. The van der Waals surface area contributed by atoms with Crippen LogP contribution in [0.15, 0.2) is 71.6 Å². The number of fused-ring (bicyclic) bond motifs is 4. The highest BCUT2D eigenvalue weighted by Gasteiger charge is 2.79. The second-order valence-electron chi connectivity index (χ2n) is 13.0. The minimum Gasteiger partial charge on any atom is -0.383 e. The van der Waals surface area contributed by atoms with Gasteiger partial charge in [0.25, 0.3) is 5.91 Å². The van der Waals surface area contributed by atoms with Crippen LogP contribution in [0.2, 0.25) is 0 Å². The first kappa shape index (κ1) is 30.6. The minimum atomic E-state index is -5.90. The zero-order chi connectivity index (χ0) is 31.5. The maximum Gasteiger partial charge on any atom is 0.456 e. The maximum atomic E-state index is 15.2. The SMILES string of the molecule is C[C@]12C[C@H](c3ccc(C(=O)NCCc4ccncc4)cc3)C3=C4CCC(=O)C=C4CC[C@H]3[C@@H]1CC[C@@]2(O)C(F)(F)C(F)(F)F. The molecule has 4 aliphatic carbocycles. The van der Waals surface area contributed by atoms with Crippen LogP contribution in [-0.2, 0) is 11.2 Å². The van der Waals surface area contributed by atoms with Crippen LogP contribution in [0.1, 0.15) is 79.3 Å². The van der Waals surface area contributed by atoms with Crippen LogP contribution in [0.4, 0.5) is 22.0 Å². The van der Waals surface area contributed by atoms with Gasteiger partial charge in [0.05, 0.1) is 0 Å². The van der Waals surface area contributed by atoms with E-state index in [1.54, 1.807) is 42.7 Å². The zero-order valence-corrected chi connectivity index (χ0v) is 24.4. The number of alkyl halides is 5. The molecule has 5 nitrogen and oxygen atoms in total. The summed E-state index contributed by atoms with van der Waals surface area (Å²) in [6, 6.07) is 10.5. The van der Waals surface area contributed by atoms with Crippen molar-refractivity contribution < 1.29 is 36.6 Å². The smallest absolute Gasteiger partial charge is 0.383 e. The van der Waals surface area contributed by atoms with Gasteiger partial charge in [-0.3, -0.25) is 14.6 Å². The van der Waals surface area contributed by atoms with Gasteiger partial charge in [0.2, 0.25) is 0 Å². The number of hydrogen-bond acceptors (Lipinski definition) is 4. The molecule has 5 atom stereocenters. The minimum absolute atomic E-state index is 0.0272. The van der Waals surface area contributed by atoms with Crippen molar-refractivity contribution in [3.63, 3.8) is 0 Å². The number of benzene rings is 1. The summed E-state index contributed by atoms with van der Waals surface area (Å²) in [7, 11) is 0. The van der Waals surface area contributed by atoms with Crippen molar-refractivity contribution in [2.24, 2.45) is 17.3 Å². The van der Waals surface area contributed by atoms with E-state index in [1.165, 1.54) is 6.92 Å². The second kappa shape index (κ2) is 10.9. The molecular formula is C34H35F5N2O3. The number of rotatable bonds is 6. The fourth-order valence-corrected chi connectivity index (χ4v) is 8.55. The van der Waals surface area contributed by atoms with Gasteiger partial charge in [-0.05, 0) is 109 Å². The lowest BCUT2D eigenvalue weighted by Crippen LogP contribution is -2.65. The zero-order valence-electron chi connectivity index (χ0n) is 24.4. The average Bonchev–Trinajstić information content (AvgIpc) is 3.27. The van der Waals surface area contributed by atoms with Gasteiger partial charge in [-0.2, -0.15) is 22.0 Å². The first-order valence-electron chi connectivity index (χ1n) is 15.2. The molecule has 1 heterocycles. The van der Waals surface area contributed by atoms with E-state index in [-0.39, 0.29) is 30.4 Å². The highest BCUT2D eigenvalue weighted by molar-refractivity contribution is 5.94. The molecule has 4 aliphatic rings. The van der Waals surface area contributed by atoms with Gasteiger partial charge >= 0.3 is 12.1 Å². The highest BCUT2D eigenvalue weighted by atomic mass is 19.4. The van der Waals surface area contributed by atoms with Crippen molar-refractivity contribution >= 4 is 11.7 Å². The predicted molar refractivity (Wildman–Crippen MR) is 153 cm³/mol. The Bertz CT molecular complexity index is 1520. The highest BCUT2D eigenvalue weighted by Crippen LogP contribution is 2.70. The van der Waals surface area contributed by atoms with E-state index in [0.717, 1.165) is 22.3 Å². The number of nitrogens with zero attached hydrogens (tertiary/aromatic N) is 1. The first-order valence-corrected chi connectivity index (χ1v) is 15.2. The average molecular weight is 615 g/mol. The second-order valence-corrected chi connectivity index (χ2v) is 13.0. The molecule has 0 saturated heterocycles. The predicted octanol–water partition coefficient (Wildman–Crippen LogP) is 6.88. The molecule has 2 saturated carbocycles. The standard InChI is InChI=1S/C34H35F5N2O3/c1-31-19-27(21-2-4-22(5-3-21)30(43)41-17-13-20-11-15-40-16-12-20)29-25-9-7-24(42)18-23(25)6-8-26(29)28(31)10-14-32(31,44)33(35,36)34(37,38)39/h2-5,11-12,15-16,18,26-28,44H,6-10,13-14,17,19H2,1H3,(H,41,43)/t26-,27+,28-,31-,32-/m0/s1. The van der Waals surface area contributed by atoms with Crippen molar-refractivity contribution in [2.75, 3.05) is 6.54 Å². The molecule has 2 N–H and O–H groups in total. The fourth-order valence-electron chi connectivity index (χ4n) is 8.55. The summed E-state index contributed by atoms with van der Waals surface area (Å²) in [6.45, 7) is 1.81. The van der Waals surface area contributed by atoms with Crippen LogP contribution in [0.25, 0.3) is 0 Å². The van der Waals surface area contributed by atoms with E-state index in [9.17, 15) is 27.9 Å². The van der Waals surface area contributed by atoms with Gasteiger partial charge in [-0.25, -0.2) is 0 Å². The van der Waals surface area contributed by atoms with Crippen LogP contribution in [0, 0.1) is 17.3 Å². The lowest BCUT2D eigenvalue weighted by atomic mass is 9.50. The molecule has 0 bridgehead atoms. The number of ketones is 1. The number of aliphatic hydroxyl groups is 1. The third-order valence-electron chi connectivity index (χ3n) is 10.8. The van der Waals surface area contributed by atoms with Gasteiger partial charge in [-0.15, -0.1) is 0 Å². The molecule has 1 amide bonds. The largest absolute Gasteiger partial charge is 0.456 e. The summed E-state index contributed by atoms with van der Waals surface area (Å²) in [4.78, 5) is 29.1. The molecule has 0 unspecified atom stereocenters. The van der Waals surface area contributed by atoms with Gasteiger partial charge in [0.15, 0.2) is 5.78 Å². The Kier molecular flexibility index (Phi) is 7.58. The number of allylic oxidation sites excluding steroid dienone is 4. The van der Waals surface area contributed by atoms with E-state index < -0.39 is 41.4 Å². The van der Waals surface area contributed by atoms with E-state index in [1.807, 2.05) is 12.1 Å². The molecule has 6 rings (SSSR count). The summed E-state index contributed by atoms with van der Waals surface area (Å²) < 4.78 is 71.7. The molecule has 0 spiro atoms. The third kappa shape index (κ3) is 4.80. The maximum absolute atomic E-state index is 15.2. The summed E-state index contributed by atoms with van der Waals surface area (Å²) in [6.07, 6.45) is 0.911. The Morgan fingerprint density at radius 2 is 1.73 bits per heavy atom. The molecule has 10 heteroatoms. The van der Waals surface area contributed by atoms with Crippen molar-refractivity contribution in [3.8, 4) is 0 Å². The molecule has 1 aromatic carbocycles. The summed E-state index contributed by atoms with van der Waals surface area (Å²) in [5.74, 6) is -6.96. The van der Waals surface area contributed by atoms with Crippen LogP contribution in [-0.4, -0.2) is 46.0 Å². The van der Waals surface area contributed by atoms with Gasteiger partial charge in [0.1, 0.15) is 5.60 Å². The Morgan fingerprint density at radius 3 is 2.41 bits per heavy atom. The fraction of sp³-hybridized carbons (Fsp3) is 0.500. The molecule has 2 aromatic rings. The number of carbonyl (C=O) groups excluding carboxylic acids is 2. The van der Waals surface area contributed by atoms with Crippen molar-refractivity contribution in [1.82, 2.24) is 10.3 Å². The quantitative estimate of drug-likeness (QED) is 0.348. The monoisotopic (exact) mass is 614 g/mol. The van der Waals surface area contributed by atoms with Crippen LogP contribution >= 0.6 is 0 Å². The number of hydrogen-bond donors (Lipinski definition) is 2. The molecule has 1 aromatic heterocycles. The van der Waals surface area contributed by atoms with Crippen LogP contribution in [0.3, 0.4) is 0 Å². The van der Waals surface area contributed by atoms with Crippen LogP contribution in [0.5, 0.6) is 0 Å². The molecule has 0 aliphatic heterocycles. The number of nitrogens with one attached hydrogen (secondary N) is 1. The van der Waals surface area contributed by atoms with E-state index in [4.69, 9.17) is 0 Å². The lowest BCUT2D eigenvalue weighted by molar-refractivity contribution is -0.362. The van der Waals surface area contributed by atoms with Crippen molar-refractivity contribution in [1.29, 1.82) is 0 Å². The Morgan fingerprint density at radius 1 is 1.02 bits per heavy atom. The number of carbonyl (C=O) groups is 2. The van der Waals surface area contributed by atoms with Gasteiger partial charge in [0, 0.05) is 42.3 Å². The van der Waals surface area contributed by atoms with E-state index in [2.05, 4.69) is 10.3 Å².